The second kappa shape index (κ2) is 5.96. The van der Waals surface area contributed by atoms with Gasteiger partial charge in [-0.05, 0) is 46.2 Å². The second-order valence-electron chi connectivity index (χ2n) is 7.41. The zero-order chi connectivity index (χ0) is 17.5. The van der Waals surface area contributed by atoms with Crippen LogP contribution in [-0.4, -0.2) is 22.3 Å². The van der Waals surface area contributed by atoms with E-state index in [2.05, 4.69) is 31.2 Å². The normalized spacial score (nSPS) is 17.1. The smallest absolute Gasteiger partial charge is 0.272 e. The molecule has 128 valence electrons. The van der Waals surface area contributed by atoms with Crippen molar-refractivity contribution in [3.63, 3.8) is 0 Å². The number of benzene rings is 1. The molecule has 1 amide bonds. The van der Waals surface area contributed by atoms with Gasteiger partial charge in [-0.25, -0.2) is 0 Å². The number of nitrogens with zero attached hydrogens (tertiary/aromatic N) is 2. The lowest BCUT2D eigenvalue weighted by atomic mass is 9.98. The molecule has 1 aliphatic rings. The molecule has 0 saturated carbocycles. The third-order valence-corrected chi connectivity index (χ3v) is 4.33. The van der Waals surface area contributed by atoms with Gasteiger partial charge in [0.2, 0.25) is 0 Å². The zero-order valence-electron chi connectivity index (χ0n) is 15.0. The highest BCUT2D eigenvalue weighted by molar-refractivity contribution is 5.92. The van der Waals surface area contributed by atoms with Crippen LogP contribution in [0.15, 0.2) is 24.3 Å². The third kappa shape index (κ3) is 3.03. The molecule has 0 unspecified atom stereocenters. The summed E-state index contributed by atoms with van der Waals surface area (Å²) in [5.74, 6) is 0.755. The molecule has 0 fully saturated rings. The van der Waals surface area contributed by atoms with Crippen LogP contribution >= 0.6 is 0 Å². The number of fused-ring (bicyclic) bond motifs is 1. The van der Waals surface area contributed by atoms with Crippen LogP contribution in [0.4, 0.5) is 0 Å². The number of aromatic nitrogens is 2. The van der Waals surface area contributed by atoms with Crippen LogP contribution in [0.5, 0.6) is 5.75 Å². The average molecular weight is 327 g/mol. The van der Waals surface area contributed by atoms with Gasteiger partial charge < -0.3 is 10.1 Å². The number of ether oxygens (including phenoxy) is 1. The Hall–Kier alpha value is -2.30. The van der Waals surface area contributed by atoms with E-state index in [1.54, 1.807) is 0 Å². The van der Waals surface area contributed by atoms with E-state index in [9.17, 15) is 4.79 Å². The van der Waals surface area contributed by atoms with Crippen molar-refractivity contribution in [1.29, 1.82) is 0 Å². The van der Waals surface area contributed by atoms with Crippen LogP contribution in [0.3, 0.4) is 0 Å². The first kappa shape index (κ1) is 16.6. The maximum Gasteiger partial charge on any atom is 0.272 e. The first-order valence-electron chi connectivity index (χ1n) is 8.37. The summed E-state index contributed by atoms with van der Waals surface area (Å²) >= 11 is 0. The van der Waals surface area contributed by atoms with Gasteiger partial charge in [0.15, 0.2) is 0 Å². The lowest BCUT2D eigenvalue weighted by molar-refractivity contribution is 0.0918. The summed E-state index contributed by atoms with van der Waals surface area (Å²) in [5.41, 5.74) is 3.44. The van der Waals surface area contributed by atoms with Gasteiger partial charge in [-0.2, -0.15) is 5.10 Å². The van der Waals surface area contributed by atoms with Crippen molar-refractivity contribution < 1.29 is 9.53 Å². The molecule has 0 radical (unpaired) electrons. The van der Waals surface area contributed by atoms with Gasteiger partial charge in [-0.3, -0.25) is 9.48 Å². The van der Waals surface area contributed by atoms with E-state index in [0.29, 0.717) is 12.3 Å². The fourth-order valence-corrected chi connectivity index (χ4v) is 3.23. The molecule has 3 rings (SSSR count). The zero-order valence-corrected chi connectivity index (χ0v) is 15.0. The number of para-hydroxylation sites is 1. The van der Waals surface area contributed by atoms with E-state index >= 15 is 0 Å². The molecule has 0 aliphatic carbocycles. The maximum absolute atomic E-state index is 12.7. The van der Waals surface area contributed by atoms with Crippen LogP contribution < -0.4 is 10.1 Å². The Labute approximate surface area is 143 Å². The van der Waals surface area contributed by atoms with E-state index in [0.717, 1.165) is 29.0 Å². The van der Waals surface area contributed by atoms with Crippen molar-refractivity contribution in [2.75, 3.05) is 6.61 Å². The van der Waals surface area contributed by atoms with Gasteiger partial charge in [-0.15, -0.1) is 0 Å². The minimum absolute atomic E-state index is 0.0405. The number of hydrogen-bond acceptors (Lipinski definition) is 3. The van der Waals surface area contributed by atoms with E-state index in [4.69, 9.17) is 4.74 Å². The van der Waals surface area contributed by atoms with Gasteiger partial charge >= 0.3 is 0 Å². The number of hydrogen-bond donors (Lipinski definition) is 1. The lowest BCUT2D eigenvalue weighted by Crippen LogP contribution is -2.33. The number of rotatable bonds is 2. The molecular formula is C19H25N3O2. The number of nitrogens with one attached hydrogen (secondary N) is 1. The maximum atomic E-state index is 12.7. The summed E-state index contributed by atoms with van der Waals surface area (Å²) in [6.45, 7) is 10.8. The molecule has 24 heavy (non-hydrogen) atoms. The van der Waals surface area contributed by atoms with Crippen molar-refractivity contribution in [2.45, 2.75) is 52.6 Å². The van der Waals surface area contributed by atoms with Crippen molar-refractivity contribution in [2.24, 2.45) is 0 Å². The first-order valence-corrected chi connectivity index (χ1v) is 8.37. The van der Waals surface area contributed by atoms with Gasteiger partial charge in [0.1, 0.15) is 11.4 Å². The number of carbonyl (C=O) groups excluding carboxylic acids is 1. The molecule has 1 N–H and O–H groups in total. The first-order chi connectivity index (χ1) is 11.3. The average Bonchev–Trinajstić information content (AvgIpc) is 2.91. The minimum Gasteiger partial charge on any atom is -0.493 e. The van der Waals surface area contributed by atoms with Gasteiger partial charge in [0, 0.05) is 17.7 Å². The largest absolute Gasteiger partial charge is 0.493 e. The summed E-state index contributed by atoms with van der Waals surface area (Å²) in [4.78, 5) is 12.7. The monoisotopic (exact) mass is 327 g/mol. The summed E-state index contributed by atoms with van der Waals surface area (Å²) in [7, 11) is 0. The molecular weight excluding hydrogens is 302 g/mol. The van der Waals surface area contributed by atoms with E-state index in [-0.39, 0.29) is 17.5 Å². The Morgan fingerprint density at radius 3 is 2.75 bits per heavy atom. The van der Waals surface area contributed by atoms with Crippen molar-refractivity contribution in [1.82, 2.24) is 15.1 Å². The summed E-state index contributed by atoms with van der Waals surface area (Å²) in [6, 6.07) is 7.85. The predicted octanol–water partition coefficient (Wildman–Crippen LogP) is 3.51. The fourth-order valence-electron chi connectivity index (χ4n) is 3.23. The Balaban J connectivity index is 1.83. The standard InChI is InChI=1S/C19H25N3O2/c1-12-7-6-8-14-15(9-10-24-17(12)14)20-18(23)16-11-13(2)22(21-16)19(3,4)5/h6-8,11,15H,9-10H2,1-5H3,(H,20,23)/t15-/m1/s1. The number of amides is 1. The van der Waals surface area contributed by atoms with Crippen LogP contribution in [-0.2, 0) is 5.54 Å². The van der Waals surface area contributed by atoms with Crippen molar-refractivity contribution >= 4 is 5.91 Å². The highest BCUT2D eigenvalue weighted by Crippen LogP contribution is 2.34. The summed E-state index contributed by atoms with van der Waals surface area (Å²) < 4.78 is 7.66. The van der Waals surface area contributed by atoms with Gasteiger partial charge in [-0.1, -0.05) is 18.2 Å². The Kier molecular flexibility index (Phi) is 4.11. The molecule has 5 heteroatoms. The molecule has 2 aromatic rings. The Morgan fingerprint density at radius 2 is 2.08 bits per heavy atom. The SMILES string of the molecule is Cc1cccc2c1OCC[C@H]2NC(=O)c1cc(C)n(C(C)(C)C)n1. The summed E-state index contributed by atoms with van der Waals surface area (Å²) in [6.07, 6.45) is 0.765. The predicted molar refractivity (Wildman–Crippen MR) is 93.5 cm³/mol. The van der Waals surface area contributed by atoms with Crippen LogP contribution in [0.25, 0.3) is 0 Å². The Bertz CT molecular complexity index is 771. The molecule has 1 aromatic carbocycles. The van der Waals surface area contributed by atoms with E-state index in [1.807, 2.05) is 42.8 Å². The number of carbonyl (C=O) groups is 1. The van der Waals surface area contributed by atoms with E-state index in [1.165, 1.54) is 0 Å². The van der Waals surface area contributed by atoms with Crippen LogP contribution in [0, 0.1) is 13.8 Å². The molecule has 1 aliphatic heterocycles. The molecule has 1 aromatic heterocycles. The molecule has 0 spiro atoms. The lowest BCUT2D eigenvalue weighted by Gasteiger charge is -2.27. The molecule has 0 saturated heterocycles. The molecule has 0 bridgehead atoms. The minimum atomic E-state index is -0.148. The van der Waals surface area contributed by atoms with Gasteiger partial charge in [0.25, 0.3) is 5.91 Å². The van der Waals surface area contributed by atoms with Crippen molar-refractivity contribution in [3.05, 3.63) is 46.8 Å². The van der Waals surface area contributed by atoms with Crippen molar-refractivity contribution in [3.8, 4) is 5.75 Å². The Morgan fingerprint density at radius 1 is 1.33 bits per heavy atom. The van der Waals surface area contributed by atoms with Gasteiger partial charge in [0.05, 0.1) is 18.2 Å². The molecule has 1 atom stereocenters. The molecule has 5 nitrogen and oxygen atoms in total. The van der Waals surface area contributed by atoms with Crippen LogP contribution in [0.1, 0.15) is 60.5 Å². The van der Waals surface area contributed by atoms with E-state index < -0.39 is 0 Å². The summed E-state index contributed by atoms with van der Waals surface area (Å²) in [5, 5.41) is 7.61. The topological polar surface area (TPSA) is 56.1 Å². The highest BCUT2D eigenvalue weighted by Gasteiger charge is 2.26. The number of aryl methyl sites for hydroxylation is 2. The third-order valence-electron chi connectivity index (χ3n) is 4.33. The van der Waals surface area contributed by atoms with Crippen LogP contribution in [0.2, 0.25) is 0 Å². The second-order valence-corrected chi connectivity index (χ2v) is 7.41. The molecule has 2 heterocycles. The quantitative estimate of drug-likeness (QED) is 0.918. The fraction of sp³-hybridized carbons (Fsp3) is 0.474. The highest BCUT2D eigenvalue weighted by atomic mass is 16.5.